The molecule has 0 heterocycles. The quantitative estimate of drug-likeness (QED) is 0.378. The van der Waals surface area contributed by atoms with Gasteiger partial charge in [0.05, 0.1) is 0 Å². The van der Waals surface area contributed by atoms with Gasteiger partial charge in [-0.05, 0) is 5.92 Å². The largest absolute Gasteiger partial charge is 0.543 e. The molecule has 0 fully saturated rings. The van der Waals surface area contributed by atoms with E-state index in [4.69, 9.17) is 6.42 Å². The van der Waals surface area contributed by atoms with Crippen molar-refractivity contribution in [3.8, 4) is 12.3 Å². The topological polar surface area (TPSA) is 67.8 Å². The number of carbonyl (C=O) groups excluding carboxylic acids is 1. The maximum absolute atomic E-state index is 9.94. The van der Waals surface area contributed by atoms with Crippen molar-refractivity contribution in [2.75, 3.05) is 0 Å². The molecule has 8 heavy (non-hydrogen) atoms. The Balaban J connectivity index is 4.19. The number of carboxylic acid groups (broad SMARTS) is 1. The minimum Gasteiger partial charge on any atom is -0.543 e. The van der Waals surface area contributed by atoms with E-state index in [1.54, 1.807) is 0 Å². The van der Waals surface area contributed by atoms with E-state index >= 15 is 0 Å². The molecule has 3 N–H and O–H groups in total. The number of aliphatic carboxylic acids is 1. The molecule has 0 aliphatic carbocycles. The zero-order valence-electron chi connectivity index (χ0n) is 4.60. The molecule has 1 atom stereocenters. The van der Waals surface area contributed by atoms with Gasteiger partial charge in [-0.15, -0.1) is 6.42 Å². The van der Waals surface area contributed by atoms with Crippen LogP contribution in [-0.2, 0) is 4.79 Å². The summed E-state index contributed by atoms with van der Waals surface area (Å²) in [6.45, 7) is 1.31. The first-order chi connectivity index (χ1) is 3.50. The molecule has 0 saturated heterocycles. The zero-order valence-corrected chi connectivity index (χ0v) is 4.60. The molecule has 0 amide bonds. The monoisotopic (exact) mass is 113 g/mol. The van der Waals surface area contributed by atoms with Crippen molar-refractivity contribution < 1.29 is 15.6 Å². The predicted molar refractivity (Wildman–Crippen MR) is 25.1 cm³/mol. The van der Waals surface area contributed by atoms with Gasteiger partial charge in [-0.1, -0.05) is 0 Å². The second-order valence-electron chi connectivity index (χ2n) is 1.76. The molecule has 0 unspecified atom stereocenters. The maximum Gasteiger partial charge on any atom is 0.193 e. The average Bonchev–Trinajstić information content (AvgIpc) is 1.67. The minimum absolute atomic E-state index is 1.31. The van der Waals surface area contributed by atoms with Gasteiger partial charge in [0.25, 0.3) is 0 Å². The lowest BCUT2D eigenvalue weighted by Gasteiger charge is -2.13. The predicted octanol–water partition coefficient (Wildman–Crippen LogP) is -2.63. The lowest BCUT2D eigenvalue weighted by Crippen LogP contribution is -2.77. The fourth-order valence-corrected chi connectivity index (χ4v) is 0.0589. The minimum atomic E-state index is -1.38. The third kappa shape index (κ3) is 1.24. The highest BCUT2D eigenvalue weighted by molar-refractivity contribution is 5.77. The van der Waals surface area contributed by atoms with Crippen LogP contribution in [-0.4, -0.2) is 11.5 Å². The van der Waals surface area contributed by atoms with Crippen LogP contribution in [0, 0.1) is 12.3 Å². The van der Waals surface area contributed by atoms with Crippen molar-refractivity contribution in [1.82, 2.24) is 0 Å². The van der Waals surface area contributed by atoms with E-state index in [1.807, 2.05) is 5.92 Å². The van der Waals surface area contributed by atoms with Crippen molar-refractivity contribution in [3.05, 3.63) is 0 Å². The molecule has 0 aromatic carbocycles. The fourth-order valence-electron chi connectivity index (χ4n) is 0.0589. The number of rotatable bonds is 1. The molecule has 0 aromatic heterocycles. The Bertz CT molecular complexity index is 143. The number of carbonyl (C=O) groups is 1. The average molecular weight is 113 g/mol. The summed E-state index contributed by atoms with van der Waals surface area (Å²) in [5.41, 5.74) is 1.81. The van der Waals surface area contributed by atoms with Crippen LogP contribution >= 0.6 is 0 Å². The first-order valence-corrected chi connectivity index (χ1v) is 2.05. The van der Waals surface area contributed by atoms with Crippen LogP contribution in [0.1, 0.15) is 6.92 Å². The Kier molecular flexibility index (Phi) is 1.61. The van der Waals surface area contributed by atoms with Gasteiger partial charge < -0.3 is 15.6 Å². The van der Waals surface area contributed by atoms with E-state index in [0.717, 1.165) is 0 Å². The Labute approximate surface area is 47.5 Å². The number of hydrogen-bond acceptors (Lipinski definition) is 2. The van der Waals surface area contributed by atoms with Crippen LogP contribution in [0.25, 0.3) is 0 Å². The molecule has 3 nitrogen and oxygen atoms in total. The van der Waals surface area contributed by atoms with Crippen molar-refractivity contribution >= 4 is 5.97 Å². The normalized spacial score (nSPS) is 16.1. The van der Waals surface area contributed by atoms with Crippen molar-refractivity contribution in [2.24, 2.45) is 0 Å². The first-order valence-electron chi connectivity index (χ1n) is 2.05. The Morgan fingerprint density at radius 1 is 2.00 bits per heavy atom. The molecule has 0 aliphatic rings. The number of quaternary nitrogens is 1. The lowest BCUT2D eigenvalue weighted by atomic mass is 10.1. The highest BCUT2D eigenvalue weighted by Crippen LogP contribution is 1.87. The van der Waals surface area contributed by atoms with Crippen molar-refractivity contribution in [2.45, 2.75) is 12.5 Å². The zero-order chi connectivity index (χ0) is 6.78. The molecule has 44 valence electrons. The van der Waals surface area contributed by atoms with Gasteiger partial charge >= 0.3 is 0 Å². The molecule has 0 rings (SSSR count). The Morgan fingerprint density at radius 2 is 2.38 bits per heavy atom. The van der Waals surface area contributed by atoms with E-state index < -0.39 is 11.5 Å². The SMILES string of the molecule is C#C[C@](C)([NH3+])C(=O)[O-]. The van der Waals surface area contributed by atoms with Gasteiger partial charge in [0.2, 0.25) is 0 Å². The van der Waals surface area contributed by atoms with Crippen molar-refractivity contribution in [1.29, 1.82) is 0 Å². The van der Waals surface area contributed by atoms with Crippen LogP contribution in [0.3, 0.4) is 0 Å². The molecule has 0 saturated carbocycles. The summed E-state index contributed by atoms with van der Waals surface area (Å²) >= 11 is 0. The summed E-state index contributed by atoms with van der Waals surface area (Å²) in [5.74, 6) is 0.648. The molecule has 3 heteroatoms. The van der Waals surface area contributed by atoms with Crippen LogP contribution < -0.4 is 10.8 Å². The lowest BCUT2D eigenvalue weighted by molar-refractivity contribution is -0.461. The number of hydrogen-bond donors (Lipinski definition) is 1. The second kappa shape index (κ2) is 1.85. The summed E-state index contributed by atoms with van der Waals surface area (Å²) in [6.07, 6.45) is 4.77. The molecule has 0 aliphatic heterocycles. The molecular weight excluding hydrogens is 106 g/mol. The molecule has 0 aromatic rings. The van der Waals surface area contributed by atoms with Crippen LogP contribution in [0.5, 0.6) is 0 Å². The first kappa shape index (κ1) is 6.99. The van der Waals surface area contributed by atoms with Gasteiger partial charge in [-0.3, -0.25) is 0 Å². The molecule has 0 bridgehead atoms. The summed E-state index contributed by atoms with van der Waals surface area (Å²) in [4.78, 5) is 9.94. The summed E-state index contributed by atoms with van der Waals surface area (Å²) in [6, 6.07) is 0. The van der Waals surface area contributed by atoms with Crippen LogP contribution in [0.15, 0.2) is 0 Å². The van der Waals surface area contributed by atoms with Crippen LogP contribution in [0.2, 0.25) is 0 Å². The van der Waals surface area contributed by atoms with E-state index in [-0.39, 0.29) is 0 Å². The van der Waals surface area contributed by atoms with Gasteiger partial charge in [0, 0.05) is 6.92 Å². The van der Waals surface area contributed by atoms with Gasteiger partial charge in [0.1, 0.15) is 5.97 Å². The van der Waals surface area contributed by atoms with Gasteiger partial charge in [-0.25, -0.2) is 0 Å². The highest BCUT2D eigenvalue weighted by atomic mass is 16.4. The molecule has 0 spiro atoms. The Hall–Kier alpha value is -1.01. The summed E-state index contributed by atoms with van der Waals surface area (Å²) in [7, 11) is 0. The summed E-state index contributed by atoms with van der Waals surface area (Å²) < 4.78 is 0. The smallest absolute Gasteiger partial charge is 0.193 e. The third-order valence-corrected chi connectivity index (χ3v) is 0.769. The van der Waals surface area contributed by atoms with E-state index in [9.17, 15) is 9.90 Å². The van der Waals surface area contributed by atoms with Gasteiger partial charge in [0.15, 0.2) is 5.54 Å². The fraction of sp³-hybridized carbons (Fsp3) is 0.400. The third-order valence-electron chi connectivity index (χ3n) is 0.769. The standard InChI is InChI=1S/C5H7NO2/c1-3-5(2,6)4(7)8/h1H,6H2,2H3,(H,7,8)/t5-/m0/s1. The van der Waals surface area contributed by atoms with E-state index in [1.165, 1.54) is 6.92 Å². The molecule has 0 radical (unpaired) electrons. The number of carboxylic acids is 1. The van der Waals surface area contributed by atoms with Crippen LogP contribution in [0.4, 0.5) is 0 Å². The second-order valence-corrected chi connectivity index (χ2v) is 1.76. The van der Waals surface area contributed by atoms with Gasteiger partial charge in [-0.2, -0.15) is 0 Å². The summed E-state index contributed by atoms with van der Waals surface area (Å²) in [5, 5.41) is 9.94. The maximum atomic E-state index is 9.94. The Morgan fingerprint density at radius 3 is 2.38 bits per heavy atom. The van der Waals surface area contributed by atoms with E-state index in [2.05, 4.69) is 5.73 Å². The number of terminal acetylenes is 1. The highest BCUT2D eigenvalue weighted by Gasteiger charge is 2.19. The van der Waals surface area contributed by atoms with E-state index in [0.29, 0.717) is 0 Å². The van der Waals surface area contributed by atoms with Crippen molar-refractivity contribution in [3.63, 3.8) is 0 Å². The molecular formula is C5H7NO2.